The van der Waals surface area contributed by atoms with Gasteiger partial charge < -0.3 is 0 Å². The van der Waals surface area contributed by atoms with E-state index in [0.29, 0.717) is 5.02 Å². The molecular weight excluding hydrogens is 330 g/mol. The normalized spacial score (nSPS) is 15.9. The first-order valence-corrected chi connectivity index (χ1v) is 9.71. The molecular formula is C18H20ClNO2S. The Morgan fingerprint density at radius 1 is 1.00 bits per heavy atom. The van der Waals surface area contributed by atoms with Crippen LogP contribution >= 0.6 is 11.6 Å². The van der Waals surface area contributed by atoms with Crippen LogP contribution in [0.4, 0.5) is 0 Å². The van der Waals surface area contributed by atoms with E-state index in [1.54, 1.807) is 12.1 Å². The first kappa shape index (κ1) is 16.5. The minimum absolute atomic E-state index is 0.228. The molecule has 1 aliphatic rings. The van der Waals surface area contributed by atoms with Gasteiger partial charge >= 0.3 is 0 Å². The van der Waals surface area contributed by atoms with Crippen molar-refractivity contribution in [2.45, 2.75) is 43.5 Å². The zero-order valence-corrected chi connectivity index (χ0v) is 14.6. The molecule has 0 saturated heterocycles. The van der Waals surface area contributed by atoms with E-state index in [9.17, 15) is 8.42 Å². The Hall–Kier alpha value is -1.36. The van der Waals surface area contributed by atoms with Gasteiger partial charge in [0.05, 0.1) is 4.90 Å². The van der Waals surface area contributed by atoms with E-state index < -0.39 is 10.0 Å². The third-order valence-corrected chi connectivity index (χ3v) is 6.14. The van der Waals surface area contributed by atoms with Gasteiger partial charge in [-0.25, -0.2) is 13.1 Å². The predicted molar refractivity (Wildman–Crippen MR) is 93.3 cm³/mol. The lowest BCUT2D eigenvalue weighted by molar-refractivity contribution is 0.566. The van der Waals surface area contributed by atoms with Crippen molar-refractivity contribution in [3.8, 4) is 0 Å². The van der Waals surface area contributed by atoms with Gasteiger partial charge in [-0.05, 0) is 73.6 Å². The highest BCUT2D eigenvalue weighted by Gasteiger charge is 2.19. The largest absolute Gasteiger partial charge is 0.241 e. The van der Waals surface area contributed by atoms with Gasteiger partial charge in [-0.3, -0.25) is 0 Å². The molecule has 1 atom stereocenters. The van der Waals surface area contributed by atoms with Crippen LogP contribution in [0.1, 0.15) is 42.5 Å². The number of benzene rings is 2. The Kier molecular flexibility index (Phi) is 4.76. The summed E-state index contributed by atoms with van der Waals surface area (Å²) >= 11 is 5.82. The standard InChI is InChI=1S/C18H20ClNO2S/c1-13(15-7-6-14-4-2-3-5-16(14)12-15)20-23(21,22)18-10-8-17(19)9-11-18/h6-13,20H,2-5H2,1H3/t13-/m0/s1. The number of sulfonamides is 1. The topological polar surface area (TPSA) is 46.2 Å². The molecule has 1 N–H and O–H groups in total. The molecule has 3 nitrogen and oxygen atoms in total. The van der Waals surface area contributed by atoms with Gasteiger partial charge in [0.1, 0.15) is 0 Å². The maximum Gasteiger partial charge on any atom is 0.241 e. The third kappa shape index (κ3) is 3.77. The van der Waals surface area contributed by atoms with Crippen molar-refractivity contribution >= 4 is 21.6 Å². The van der Waals surface area contributed by atoms with Crippen molar-refractivity contribution in [2.24, 2.45) is 0 Å². The summed E-state index contributed by atoms with van der Waals surface area (Å²) in [6, 6.07) is 12.2. The average Bonchev–Trinajstić information content (AvgIpc) is 2.54. The molecule has 0 saturated carbocycles. The van der Waals surface area contributed by atoms with Gasteiger partial charge in [0, 0.05) is 11.1 Å². The number of hydrogen-bond acceptors (Lipinski definition) is 2. The molecule has 23 heavy (non-hydrogen) atoms. The van der Waals surface area contributed by atoms with Crippen LogP contribution in [0.5, 0.6) is 0 Å². The van der Waals surface area contributed by atoms with Crippen molar-refractivity contribution in [2.75, 3.05) is 0 Å². The molecule has 5 heteroatoms. The summed E-state index contributed by atoms with van der Waals surface area (Å²) in [4.78, 5) is 0.228. The molecule has 0 unspecified atom stereocenters. The summed E-state index contributed by atoms with van der Waals surface area (Å²) in [5.41, 5.74) is 3.75. The van der Waals surface area contributed by atoms with E-state index in [4.69, 9.17) is 11.6 Å². The van der Waals surface area contributed by atoms with Crippen molar-refractivity contribution in [1.82, 2.24) is 4.72 Å². The lowest BCUT2D eigenvalue weighted by Crippen LogP contribution is -2.27. The Morgan fingerprint density at radius 3 is 2.35 bits per heavy atom. The number of aryl methyl sites for hydroxylation is 2. The summed E-state index contributed by atoms with van der Waals surface area (Å²) in [6.07, 6.45) is 4.66. The fourth-order valence-electron chi connectivity index (χ4n) is 3.01. The first-order chi connectivity index (χ1) is 11.0. The summed E-state index contributed by atoms with van der Waals surface area (Å²) in [5, 5.41) is 0.520. The summed E-state index contributed by atoms with van der Waals surface area (Å²) in [5.74, 6) is 0. The number of rotatable bonds is 4. The Morgan fingerprint density at radius 2 is 1.65 bits per heavy atom. The summed E-state index contributed by atoms with van der Waals surface area (Å²) in [7, 11) is -3.55. The van der Waals surface area contributed by atoms with Gasteiger partial charge in [-0.1, -0.05) is 29.8 Å². The molecule has 2 aromatic carbocycles. The van der Waals surface area contributed by atoms with Crippen LogP contribution in [0.25, 0.3) is 0 Å². The number of hydrogen-bond donors (Lipinski definition) is 1. The molecule has 3 rings (SSSR count). The molecule has 0 fully saturated rings. The van der Waals surface area contributed by atoms with Gasteiger partial charge in [0.25, 0.3) is 0 Å². The van der Waals surface area contributed by atoms with Crippen LogP contribution in [0.2, 0.25) is 5.02 Å². The van der Waals surface area contributed by atoms with Crippen molar-refractivity contribution in [3.63, 3.8) is 0 Å². The second-order valence-electron chi connectivity index (χ2n) is 6.03. The second-order valence-corrected chi connectivity index (χ2v) is 8.18. The second kappa shape index (κ2) is 6.63. The number of fused-ring (bicyclic) bond motifs is 1. The van der Waals surface area contributed by atoms with Crippen LogP contribution in [0.3, 0.4) is 0 Å². The lowest BCUT2D eigenvalue weighted by atomic mass is 9.89. The van der Waals surface area contributed by atoms with Gasteiger partial charge in [-0.15, -0.1) is 0 Å². The van der Waals surface area contributed by atoms with Gasteiger partial charge in [0.2, 0.25) is 10.0 Å². The minimum atomic E-state index is -3.55. The highest BCUT2D eigenvalue weighted by molar-refractivity contribution is 7.89. The Bertz CT molecular complexity index is 800. The van der Waals surface area contributed by atoms with E-state index in [0.717, 1.165) is 18.4 Å². The van der Waals surface area contributed by atoms with E-state index in [-0.39, 0.29) is 10.9 Å². The van der Waals surface area contributed by atoms with Gasteiger partial charge in [0.15, 0.2) is 0 Å². The molecule has 0 amide bonds. The third-order valence-electron chi connectivity index (χ3n) is 4.33. The van der Waals surface area contributed by atoms with E-state index in [2.05, 4.69) is 16.9 Å². The molecule has 0 radical (unpaired) electrons. The molecule has 122 valence electrons. The predicted octanol–water partition coefficient (Wildman–Crippen LogP) is 4.26. The highest BCUT2D eigenvalue weighted by atomic mass is 35.5. The van der Waals surface area contributed by atoms with Crippen LogP contribution in [-0.4, -0.2) is 8.42 Å². The van der Waals surface area contributed by atoms with Crippen LogP contribution < -0.4 is 4.72 Å². The fourth-order valence-corrected chi connectivity index (χ4v) is 4.36. The maximum absolute atomic E-state index is 12.5. The minimum Gasteiger partial charge on any atom is -0.207 e. The molecule has 0 aromatic heterocycles. The van der Waals surface area contributed by atoms with Crippen molar-refractivity contribution in [3.05, 3.63) is 64.2 Å². The van der Waals surface area contributed by atoms with Crippen LogP contribution in [0, 0.1) is 0 Å². The van der Waals surface area contributed by atoms with E-state index >= 15 is 0 Å². The van der Waals surface area contributed by atoms with Crippen molar-refractivity contribution < 1.29 is 8.42 Å². The zero-order valence-electron chi connectivity index (χ0n) is 13.0. The Balaban J connectivity index is 1.80. The number of nitrogens with one attached hydrogen (secondary N) is 1. The monoisotopic (exact) mass is 349 g/mol. The maximum atomic E-state index is 12.5. The Labute approximate surface area is 142 Å². The zero-order chi connectivity index (χ0) is 16.4. The van der Waals surface area contributed by atoms with Gasteiger partial charge in [-0.2, -0.15) is 0 Å². The first-order valence-electron chi connectivity index (χ1n) is 7.85. The van der Waals surface area contributed by atoms with Crippen molar-refractivity contribution in [1.29, 1.82) is 0 Å². The van der Waals surface area contributed by atoms with Crippen LogP contribution in [0.15, 0.2) is 47.4 Å². The average molecular weight is 350 g/mol. The quantitative estimate of drug-likeness (QED) is 0.896. The van der Waals surface area contributed by atoms with E-state index in [1.807, 2.05) is 13.0 Å². The molecule has 0 aliphatic heterocycles. The van der Waals surface area contributed by atoms with E-state index in [1.165, 1.54) is 36.1 Å². The smallest absolute Gasteiger partial charge is 0.207 e. The number of halogens is 1. The van der Waals surface area contributed by atoms with Crippen LogP contribution in [-0.2, 0) is 22.9 Å². The summed E-state index contributed by atoms with van der Waals surface area (Å²) < 4.78 is 27.7. The molecule has 0 heterocycles. The SMILES string of the molecule is C[C@H](NS(=O)(=O)c1ccc(Cl)cc1)c1ccc2c(c1)CCCC2. The molecule has 2 aromatic rings. The lowest BCUT2D eigenvalue weighted by Gasteiger charge is -2.20. The summed E-state index contributed by atoms with van der Waals surface area (Å²) in [6.45, 7) is 1.87. The molecule has 0 spiro atoms. The highest BCUT2D eigenvalue weighted by Crippen LogP contribution is 2.25. The molecule has 1 aliphatic carbocycles. The molecule has 0 bridgehead atoms. The fraction of sp³-hybridized carbons (Fsp3) is 0.333.